The molecule has 3 rings (SSSR count). The lowest BCUT2D eigenvalue weighted by Crippen LogP contribution is -2.05. The maximum Gasteiger partial charge on any atom is 0.127 e. The van der Waals surface area contributed by atoms with Crippen molar-refractivity contribution in [2.24, 2.45) is 0 Å². The number of benzene rings is 3. The molecule has 1 N–H and O–H groups in total. The highest BCUT2D eigenvalue weighted by atomic mass is 16.5. The van der Waals surface area contributed by atoms with E-state index in [9.17, 15) is 0 Å². The predicted octanol–water partition coefficient (Wildman–Crippen LogP) is 5.88. The fourth-order valence-corrected chi connectivity index (χ4v) is 2.43. The molecular weight excluding hydrogens is 310 g/mol. The average molecular weight is 333 g/mol. The van der Waals surface area contributed by atoms with Crippen LogP contribution in [0.4, 0.5) is 5.69 Å². The van der Waals surface area contributed by atoms with Crippen molar-refractivity contribution in [3.05, 3.63) is 84.4 Å². The zero-order valence-electron chi connectivity index (χ0n) is 14.6. The molecule has 0 fully saturated rings. The quantitative estimate of drug-likeness (QED) is 0.586. The molecule has 3 nitrogen and oxygen atoms in total. The number of hydrogen-bond donors (Lipinski definition) is 1. The Morgan fingerprint density at radius 1 is 0.720 bits per heavy atom. The molecule has 0 saturated heterocycles. The van der Waals surface area contributed by atoms with Gasteiger partial charge >= 0.3 is 0 Å². The van der Waals surface area contributed by atoms with Crippen LogP contribution in [-0.2, 0) is 6.54 Å². The Morgan fingerprint density at radius 3 is 1.96 bits per heavy atom. The fourth-order valence-electron chi connectivity index (χ4n) is 2.43. The van der Waals surface area contributed by atoms with E-state index in [1.807, 2.05) is 80.6 Å². The Labute approximate surface area is 149 Å². The molecule has 0 bridgehead atoms. The van der Waals surface area contributed by atoms with Crippen LogP contribution in [0.1, 0.15) is 19.4 Å². The predicted molar refractivity (Wildman–Crippen MR) is 102 cm³/mol. The van der Waals surface area contributed by atoms with Crippen molar-refractivity contribution in [2.75, 3.05) is 5.32 Å². The number of nitrogens with one attached hydrogen (secondary N) is 1. The summed E-state index contributed by atoms with van der Waals surface area (Å²) in [5.74, 6) is 2.57. The second-order valence-corrected chi connectivity index (χ2v) is 6.10. The van der Waals surface area contributed by atoms with Gasteiger partial charge in [0.05, 0.1) is 6.10 Å². The first-order valence-electron chi connectivity index (χ1n) is 8.51. The van der Waals surface area contributed by atoms with Crippen LogP contribution < -0.4 is 14.8 Å². The summed E-state index contributed by atoms with van der Waals surface area (Å²) in [6.07, 6.45) is 0.195. The number of hydrogen-bond acceptors (Lipinski definition) is 3. The molecule has 128 valence electrons. The number of rotatable bonds is 7. The van der Waals surface area contributed by atoms with Gasteiger partial charge in [0.25, 0.3) is 0 Å². The first kappa shape index (κ1) is 16.9. The molecule has 0 aliphatic rings. The van der Waals surface area contributed by atoms with E-state index in [0.29, 0.717) is 0 Å². The van der Waals surface area contributed by atoms with Gasteiger partial charge in [-0.2, -0.15) is 0 Å². The molecule has 0 unspecified atom stereocenters. The van der Waals surface area contributed by atoms with Gasteiger partial charge in [-0.3, -0.25) is 0 Å². The summed E-state index contributed by atoms with van der Waals surface area (Å²) in [7, 11) is 0. The van der Waals surface area contributed by atoms with Gasteiger partial charge < -0.3 is 14.8 Å². The van der Waals surface area contributed by atoms with Crippen molar-refractivity contribution in [1.29, 1.82) is 0 Å². The molecule has 25 heavy (non-hydrogen) atoms. The van der Waals surface area contributed by atoms with Crippen molar-refractivity contribution in [1.82, 2.24) is 0 Å². The summed E-state index contributed by atoms with van der Waals surface area (Å²) >= 11 is 0. The highest BCUT2D eigenvalue weighted by Crippen LogP contribution is 2.23. The highest BCUT2D eigenvalue weighted by molar-refractivity contribution is 5.47. The van der Waals surface area contributed by atoms with E-state index in [-0.39, 0.29) is 6.10 Å². The Bertz CT molecular complexity index is 765. The topological polar surface area (TPSA) is 30.5 Å². The number of anilines is 1. The molecular formula is C22H23NO2. The van der Waals surface area contributed by atoms with Gasteiger partial charge in [0, 0.05) is 12.2 Å². The third-order valence-electron chi connectivity index (χ3n) is 3.62. The van der Waals surface area contributed by atoms with Crippen LogP contribution in [-0.4, -0.2) is 6.10 Å². The van der Waals surface area contributed by atoms with Crippen molar-refractivity contribution in [2.45, 2.75) is 26.5 Å². The third-order valence-corrected chi connectivity index (χ3v) is 3.62. The van der Waals surface area contributed by atoms with E-state index in [0.717, 1.165) is 29.5 Å². The van der Waals surface area contributed by atoms with Gasteiger partial charge in [0.2, 0.25) is 0 Å². The first-order chi connectivity index (χ1) is 12.2. The molecule has 0 saturated carbocycles. The van der Waals surface area contributed by atoms with Crippen LogP contribution >= 0.6 is 0 Å². The van der Waals surface area contributed by atoms with Gasteiger partial charge in [0.1, 0.15) is 17.2 Å². The molecule has 0 atom stereocenters. The maximum absolute atomic E-state index is 5.80. The van der Waals surface area contributed by atoms with Crippen LogP contribution in [0.25, 0.3) is 0 Å². The lowest BCUT2D eigenvalue weighted by molar-refractivity contribution is 0.242. The molecule has 0 amide bonds. The minimum Gasteiger partial charge on any atom is -0.491 e. The minimum absolute atomic E-state index is 0.195. The fraction of sp³-hybridized carbons (Fsp3) is 0.182. The zero-order valence-corrected chi connectivity index (χ0v) is 14.6. The lowest BCUT2D eigenvalue weighted by Gasteiger charge is -2.11. The van der Waals surface area contributed by atoms with E-state index in [4.69, 9.17) is 9.47 Å². The molecule has 0 spiro atoms. The summed E-state index contributed by atoms with van der Waals surface area (Å²) < 4.78 is 11.5. The van der Waals surface area contributed by atoms with E-state index in [1.54, 1.807) is 0 Å². The average Bonchev–Trinajstić information content (AvgIpc) is 2.63. The number of ether oxygens (including phenoxy) is 2. The molecule has 0 aliphatic heterocycles. The Kier molecular flexibility index (Phi) is 5.57. The summed E-state index contributed by atoms with van der Waals surface area (Å²) in [6, 6.07) is 25.9. The first-order valence-corrected chi connectivity index (χ1v) is 8.51. The molecule has 0 heterocycles. The lowest BCUT2D eigenvalue weighted by atomic mass is 10.2. The van der Waals surface area contributed by atoms with Gasteiger partial charge in [-0.15, -0.1) is 0 Å². The Balaban J connectivity index is 1.53. The molecule has 3 heteroatoms. The third kappa shape index (κ3) is 5.28. The van der Waals surface area contributed by atoms with Crippen molar-refractivity contribution in [3.8, 4) is 17.2 Å². The summed E-state index contributed by atoms with van der Waals surface area (Å²) in [4.78, 5) is 0. The summed E-state index contributed by atoms with van der Waals surface area (Å²) in [5.41, 5.74) is 2.27. The monoisotopic (exact) mass is 333 g/mol. The largest absolute Gasteiger partial charge is 0.491 e. The molecule has 3 aromatic rings. The maximum atomic E-state index is 5.80. The standard InChI is InChI=1S/C22H23NO2/c1-17(2)24-21-12-8-18(9-13-21)16-23-19-10-14-22(15-11-19)25-20-6-4-3-5-7-20/h3-15,17,23H,16H2,1-2H3. The van der Waals surface area contributed by atoms with Crippen molar-refractivity contribution in [3.63, 3.8) is 0 Å². The van der Waals surface area contributed by atoms with Crippen LogP contribution in [0, 0.1) is 0 Å². The summed E-state index contributed by atoms with van der Waals surface area (Å²) in [6.45, 7) is 4.82. The molecule has 0 radical (unpaired) electrons. The van der Waals surface area contributed by atoms with Crippen molar-refractivity contribution >= 4 is 5.69 Å². The molecule has 3 aromatic carbocycles. The smallest absolute Gasteiger partial charge is 0.127 e. The van der Waals surface area contributed by atoms with Gasteiger partial charge in [0.15, 0.2) is 0 Å². The van der Waals surface area contributed by atoms with Crippen LogP contribution in [0.5, 0.6) is 17.2 Å². The normalized spacial score (nSPS) is 10.5. The Hall–Kier alpha value is -2.94. The summed E-state index contributed by atoms with van der Waals surface area (Å²) in [5, 5.41) is 3.42. The van der Waals surface area contributed by atoms with E-state index in [2.05, 4.69) is 17.4 Å². The second-order valence-electron chi connectivity index (χ2n) is 6.10. The number of para-hydroxylation sites is 1. The van der Waals surface area contributed by atoms with Crippen LogP contribution in [0.15, 0.2) is 78.9 Å². The molecule has 0 aliphatic carbocycles. The Morgan fingerprint density at radius 2 is 1.32 bits per heavy atom. The van der Waals surface area contributed by atoms with E-state index >= 15 is 0 Å². The van der Waals surface area contributed by atoms with E-state index in [1.165, 1.54) is 5.56 Å². The van der Waals surface area contributed by atoms with Crippen LogP contribution in [0.3, 0.4) is 0 Å². The zero-order chi connectivity index (χ0) is 17.5. The SMILES string of the molecule is CC(C)Oc1ccc(CNc2ccc(Oc3ccccc3)cc2)cc1. The van der Waals surface area contributed by atoms with Gasteiger partial charge in [-0.25, -0.2) is 0 Å². The van der Waals surface area contributed by atoms with Gasteiger partial charge in [-0.05, 0) is 67.9 Å². The van der Waals surface area contributed by atoms with E-state index < -0.39 is 0 Å². The minimum atomic E-state index is 0.195. The molecule has 0 aromatic heterocycles. The second kappa shape index (κ2) is 8.25. The highest BCUT2D eigenvalue weighted by Gasteiger charge is 2.00. The van der Waals surface area contributed by atoms with Crippen molar-refractivity contribution < 1.29 is 9.47 Å². The van der Waals surface area contributed by atoms with Crippen LogP contribution in [0.2, 0.25) is 0 Å². The van der Waals surface area contributed by atoms with Gasteiger partial charge in [-0.1, -0.05) is 30.3 Å².